The van der Waals surface area contributed by atoms with E-state index in [9.17, 15) is 9.59 Å². The predicted molar refractivity (Wildman–Crippen MR) is 104 cm³/mol. The highest BCUT2D eigenvalue weighted by atomic mass is 16.2. The van der Waals surface area contributed by atoms with Gasteiger partial charge in [-0.1, -0.05) is 37.3 Å². The lowest BCUT2D eigenvalue weighted by Gasteiger charge is -2.31. The average Bonchev–Trinajstić information content (AvgIpc) is 2.70. The van der Waals surface area contributed by atoms with Crippen LogP contribution in [-0.4, -0.2) is 42.0 Å². The smallest absolute Gasteiger partial charge is 0.253 e. The number of aromatic nitrogens is 1. The highest BCUT2D eigenvalue weighted by Gasteiger charge is 2.27. The minimum absolute atomic E-state index is 0.118. The Labute approximate surface area is 159 Å². The van der Waals surface area contributed by atoms with E-state index in [2.05, 4.69) is 27.9 Å². The Morgan fingerprint density at radius 1 is 1.22 bits per heavy atom. The quantitative estimate of drug-likeness (QED) is 0.724. The van der Waals surface area contributed by atoms with Gasteiger partial charge in [0.15, 0.2) is 0 Å². The van der Waals surface area contributed by atoms with Crippen LogP contribution in [0.1, 0.15) is 29.3 Å². The molecule has 2 amide bonds. The summed E-state index contributed by atoms with van der Waals surface area (Å²) in [5.74, 6) is -0.0820. The van der Waals surface area contributed by atoms with Gasteiger partial charge in [-0.15, -0.1) is 0 Å². The van der Waals surface area contributed by atoms with E-state index in [1.807, 2.05) is 30.3 Å². The molecule has 1 saturated heterocycles. The van der Waals surface area contributed by atoms with E-state index >= 15 is 0 Å². The van der Waals surface area contributed by atoms with Crippen molar-refractivity contribution < 1.29 is 9.59 Å². The monoisotopic (exact) mass is 366 g/mol. The minimum Gasteiger partial charge on any atom is -0.351 e. The van der Waals surface area contributed by atoms with Gasteiger partial charge in [-0.2, -0.15) is 0 Å². The van der Waals surface area contributed by atoms with Crippen molar-refractivity contribution in [2.24, 2.45) is 5.92 Å². The lowest BCUT2D eigenvalue weighted by Crippen LogP contribution is -2.55. The number of piperidine rings is 1. The van der Waals surface area contributed by atoms with Gasteiger partial charge in [0, 0.05) is 24.9 Å². The van der Waals surface area contributed by atoms with Crippen LogP contribution in [0.25, 0.3) is 0 Å². The van der Waals surface area contributed by atoms with E-state index in [0.29, 0.717) is 17.9 Å². The normalized spacial score (nSPS) is 20.5. The van der Waals surface area contributed by atoms with Crippen molar-refractivity contribution in [3.63, 3.8) is 0 Å². The van der Waals surface area contributed by atoms with Crippen molar-refractivity contribution in [2.45, 2.75) is 31.8 Å². The highest BCUT2D eigenvalue weighted by Crippen LogP contribution is 2.12. The highest BCUT2D eigenvalue weighted by molar-refractivity contribution is 5.97. The summed E-state index contributed by atoms with van der Waals surface area (Å²) in [5, 5.41) is 9.35. The second-order valence-corrected chi connectivity index (χ2v) is 7.04. The van der Waals surface area contributed by atoms with Crippen LogP contribution in [0.15, 0.2) is 54.9 Å². The molecule has 6 nitrogen and oxygen atoms in total. The van der Waals surface area contributed by atoms with Crippen LogP contribution in [0, 0.1) is 5.92 Å². The van der Waals surface area contributed by atoms with Crippen LogP contribution < -0.4 is 16.0 Å². The summed E-state index contributed by atoms with van der Waals surface area (Å²) in [6.07, 6.45) is 4.45. The number of nitrogens with one attached hydrogen (secondary N) is 3. The number of benzene rings is 1. The van der Waals surface area contributed by atoms with Crippen LogP contribution in [0.5, 0.6) is 0 Å². The fraction of sp³-hybridized carbons (Fsp3) is 0.381. The van der Waals surface area contributed by atoms with E-state index in [-0.39, 0.29) is 17.9 Å². The Morgan fingerprint density at radius 2 is 2.04 bits per heavy atom. The summed E-state index contributed by atoms with van der Waals surface area (Å²) in [7, 11) is 0. The van der Waals surface area contributed by atoms with Crippen LogP contribution in [0.3, 0.4) is 0 Å². The van der Waals surface area contributed by atoms with Crippen LogP contribution in [0.2, 0.25) is 0 Å². The molecule has 0 spiro atoms. The summed E-state index contributed by atoms with van der Waals surface area (Å²) in [5.41, 5.74) is 1.45. The zero-order valence-corrected chi connectivity index (χ0v) is 15.5. The fourth-order valence-corrected chi connectivity index (χ4v) is 3.31. The molecule has 27 heavy (non-hydrogen) atoms. The number of nitrogens with zero attached hydrogens (tertiary/aromatic N) is 1. The number of carbonyl (C=O) groups excluding carboxylic acids is 2. The molecule has 3 atom stereocenters. The molecule has 0 radical (unpaired) electrons. The topological polar surface area (TPSA) is 83.1 Å². The van der Waals surface area contributed by atoms with Gasteiger partial charge in [0.05, 0.1) is 5.56 Å². The lowest BCUT2D eigenvalue weighted by atomic mass is 9.94. The van der Waals surface area contributed by atoms with Crippen LogP contribution in [-0.2, 0) is 11.2 Å². The van der Waals surface area contributed by atoms with Crippen molar-refractivity contribution in [3.05, 3.63) is 66.0 Å². The number of hydrogen-bond acceptors (Lipinski definition) is 4. The maximum Gasteiger partial charge on any atom is 0.253 e. The van der Waals surface area contributed by atoms with E-state index in [4.69, 9.17) is 0 Å². The van der Waals surface area contributed by atoms with Crippen molar-refractivity contribution in [1.29, 1.82) is 0 Å². The SMILES string of the molecule is CC1CNCCC1NC(=O)C(Cc1ccccc1)NC(=O)c1cccnc1. The van der Waals surface area contributed by atoms with Gasteiger partial charge in [-0.05, 0) is 43.1 Å². The van der Waals surface area contributed by atoms with Gasteiger partial charge >= 0.3 is 0 Å². The van der Waals surface area contributed by atoms with Gasteiger partial charge in [-0.25, -0.2) is 0 Å². The second kappa shape index (κ2) is 9.28. The van der Waals surface area contributed by atoms with Crippen molar-refractivity contribution in [2.75, 3.05) is 13.1 Å². The minimum atomic E-state index is -0.637. The largest absolute Gasteiger partial charge is 0.351 e. The van der Waals surface area contributed by atoms with Gasteiger partial charge in [0.25, 0.3) is 5.91 Å². The maximum atomic E-state index is 13.0. The number of carbonyl (C=O) groups is 2. The van der Waals surface area contributed by atoms with Crippen molar-refractivity contribution in [3.8, 4) is 0 Å². The third-order valence-electron chi connectivity index (χ3n) is 4.94. The summed E-state index contributed by atoms with van der Waals surface area (Å²) in [6, 6.07) is 12.6. The number of hydrogen-bond donors (Lipinski definition) is 3. The molecule has 2 aromatic rings. The summed E-state index contributed by atoms with van der Waals surface area (Å²) >= 11 is 0. The molecular weight excluding hydrogens is 340 g/mol. The molecule has 3 rings (SSSR count). The summed E-state index contributed by atoms with van der Waals surface area (Å²) < 4.78 is 0. The molecule has 142 valence electrons. The first-order valence-electron chi connectivity index (χ1n) is 9.39. The Hall–Kier alpha value is -2.73. The third-order valence-corrected chi connectivity index (χ3v) is 4.94. The molecule has 1 aromatic carbocycles. The molecule has 0 aliphatic carbocycles. The molecule has 0 saturated carbocycles. The fourth-order valence-electron chi connectivity index (χ4n) is 3.31. The molecule has 3 unspecified atom stereocenters. The van der Waals surface area contributed by atoms with Crippen molar-refractivity contribution in [1.82, 2.24) is 20.9 Å². The molecule has 1 aliphatic heterocycles. The predicted octanol–water partition coefficient (Wildman–Crippen LogP) is 1.54. The maximum absolute atomic E-state index is 13.0. The first-order valence-corrected chi connectivity index (χ1v) is 9.39. The first-order chi connectivity index (χ1) is 13.1. The Kier molecular flexibility index (Phi) is 6.54. The zero-order valence-electron chi connectivity index (χ0n) is 15.5. The Morgan fingerprint density at radius 3 is 2.74 bits per heavy atom. The second-order valence-electron chi connectivity index (χ2n) is 7.04. The van der Waals surface area contributed by atoms with Gasteiger partial charge in [-0.3, -0.25) is 14.6 Å². The van der Waals surface area contributed by atoms with E-state index in [0.717, 1.165) is 25.1 Å². The molecule has 1 fully saturated rings. The number of amides is 2. The Bertz CT molecular complexity index is 751. The van der Waals surface area contributed by atoms with Gasteiger partial charge in [0.2, 0.25) is 5.91 Å². The number of pyridine rings is 1. The van der Waals surface area contributed by atoms with Crippen LogP contribution in [0.4, 0.5) is 0 Å². The van der Waals surface area contributed by atoms with Gasteiger partial charge < -0.3 is 16.0 Å². The average molecular weight is 366 g/mol. The van der Waals surface area contributed by atoms with E-state index in [1.54, 1.807) is 18.3 Å². The standard InChI is InChI=1S/C21H26N4O2/c1-15-13-23-11-9-18(15)24-21(27)19(12-16-6-3-2-4-7-16)25-20(26)17-8-5-10-22-14-17/h2-8,10,14-15,18-19,23H,9,11-13H2,1H3,(H,24,27)(H,25,26). The first kappa shape index (κ1) is 19.0. The molecule has 2 heterocycles. The zero-order chi connectivity index (χ0) is 19.1. The van der Waals surface area contributed by atoms with E-state index in [1.165, 1.54) is 6.20 Å². The summed E-state index contributed by atoms with van der Waals surface area (Å²) in [4.78, 5) is 29.5. The van der Waals surface area contributed by atoms with E-state index < -0.39 is 6.04 Å². The molecule has 6 heteroatoms. The summed E-state index contributed by atoms with van der Waals surface area (Å²) in [6.45, 7) is 3.90. The van der Waals surface area contributed by atoms with Gasteiger partial charge in [0.1, 0.15) is 6.04 Å². The molecular formula is C21H26N4O2. The number of rotatable bonds is 6. The molecule has 0 bridgehead atoms. The Balaban J connectivity index is 1.72. The molecule has 1 aromatic heterocycles. The molecule has 3 N–H and O–H groups in total. The van der Waals surface area contributed by atoms with Crippen LogP contribution >= 0.6 is 0 Å². The molecule has 1 aliphatic rings. The third kappa shape index (κ3) is 5.37. The van der Waals surface area contributed by atoms with Crippen molar-refractivity contribution >= 4 is 11.8 Å². The lowest BCUT2D eigenvalue weighted by molar-refractivity contribution is -0.124.